The van der Waals surface area contributed by atoms with Crippen molar-refractivity contribution in [1.82, 2.24) is 0 Å². The Kier molecular flexibility index (Phi) is 3.40. The van der Waals surface area contributed by atoms with Gasteiger partial charge in [0.15, 0.2) is 0 Å². The summed E-state index contributed by atoms with van der Waals surface area (Å²) in [6.07, 6.45) is -0.823. The minimum absolute atomic E-state index is 0.352. The molecule has 0 unspecified atom stereocenters. The van der Waals surface area contributed by atoms with E-state index in [1.54, 1.807) is 43.5 Å². The predicted molar refractivity (Wildman–Crippen MR) is 63.5 cm³/mol. The molecule has 0 aromatic heterocycles. The van der Waals surface area contributed by atoms with Crippen LogP contribution in [0.3, 0.4) is 0 Å². The first-order valence-electron chi connectivity index (χ1n) is 5.28. The van der Waals surface area contributed by atoms with E-state index in [1.807, 2.05) is 0 Å². The van der Waals surface area contributed by atoms with Gasteiger partial charge < -0.3 is 9.84 Å². The maximum Gasteiger partial charge on any atom is 0.123 e. The maximum absolute atomic E-state index is 13.0. The van der Waals surface area contributed by atoms with Gasteiger partial charge in [0, 0.05) is 0 Å². The van der Waals surface area contributed by atoms with E-state index >= 15 is 0 Å². The van der Waals surface area contributed by atoms with Crippen LogP contribution >= 0.6 is 0 Å². The fraction of sp³-hybridized carbons (Fsp3) is 0.143. The first kappa shape index (κ1) is 11.6. The summed E-state index contributed by atoms with van der Waals surface area (Å²) < 4.78 is 18.1. The molecule has 0 radical (unpaired) electrons. The second-order valence-electron chi connectivity index (χ2n) is 3.73. The molecule has 0 amide bonds. The highest BCUT2D eigenvalue weighted by atomic mass is 19.1. The van der Waals surface area contributed by atoms with Crippen LogP contribution in [-0.2, 0) is 0 Å². The lowest BCUT2D eigenvalue weighted by atomic mass is 10.0. The van der Waals surface area contributed by atoms with Gasteiger partial charge in [-0.25, -0.2) is 4.39 Å². The number of halogens is 1. The van der Waals surface area contributed by atoms with Crippen LogP contribution in [0.4, 0.5) is 4.39 Å². The summed E-state index contributed by atoms with van der Waals surface area (Å²) in [6, 6.07) is 13.0. The molecule has 1 atom stereocenters. The average Bonchev–Trinajstić information content (AvgIpc) is 2.38. The third-order valence-corrected chi connectivity index (χ3v) is 2.60. The standard InChI is InChI=1S/C14H13FO2/c1-17-13-7-5-10(6-8-13)14(16)11-3-2-4-12(15)9-11/h2-9,14,16H,1H3/t14-/m0/s1. The zero-order chi connectivity index (χ0) is 12.3. The lowest BCUT2D eigenvalue weighted by Crippen LogP contribution is -1.99. The molecule has 0 aliphatic heterocycles. The molecular weight excluding hydrogens is 219 g/mol. The molecule has 0 heterocycles. The Morgan fingerprint density at radius 2 is 1.76 bits per heavy atom. The number of benzene rings is 2. The van der Waals surface area contributed by atoms with E-state index in [2.05, 4.69) is 0 Å². The van der Waals surface area contributed by atoms with Gasteiger partial charge in [0.2, 0.25) is 0 Å². The molecule has 88 valence electrons. The van der Waals surface area contributed by atoms with Gasteiger partial charge in [-0.1, -0.05) is 24.3 Å². The van der Waals surface area contributed by atoms with Crippen LogP contribution in [0.1, 0.15) is 17.2 Å². The van der Waals surface area contributed by atoms with E-state index < -0.39 is 6.10 Å². The van der Waals surface area contributed by atoms with Crippen molar-refractivity contribution in [3.63, 3.8) is 0 Å². The SMILES string of the molecule is COc1ccc([C@H](O)c2cccc(F)c2)cc1. The van der Waals surface area contributed by atoms with E-state index in [4.69, 9.17) is 4.74 Å². The fourth-order valence-electron chi connectivity index (χ4n) is 1.66. The van der Waals surface area contributed by atoms with E-state index in [9.17, 15) is 9.50 Å². The normalized spacial score (nSPS) is 12.2. The molecule has 0 aliphatic carbocycles. The largest absolute Gasteiger partial charge is 0.497 e. The molecular formula is C14H13FO2. The number of methoxy groups -OCH3 is 1. The molecule has 0 spiro atoms. The van der Waals surface area contributed by atoms with Crippen LogP contribution in [0, 0.1) is 5.82 Å². The summed E-state index contributed by atoms with van der Waals surface area (Å²) in [6.45, 7) is 0. The van der Waals surface area contributed by atoms with Gasteiger partial charge >= 0.3 is 0 Å². The molecule has 2 rings (SSSR count). The maximum atomic E-state index is 13.0. The number of aliphatic hydroxyl groups excluding tert-OH is 1. The van der Waals surface area contributed by atoms with Crippen molar-refractivity contribution < 1.29 is 14.2 Å². The van der Waals surface area contributed by atoms with Gasteiger partial charge in [0.1, 0.15) is 17.7 Å². The third-order valence-electron chi connectivity index (χ3n) is 2.60. The van der Waals surface area contributed by atoms with Crippen molar-refractivity contribution in [2.75, 3.05) is 7.11 Å². The highest BCUT2D eigenvalue weighted by Gasteiger charge is 2.10. The van der Waals surface area contributed by atoms with Crippen molar-refractivity contribution in [1.29, 1.82) is 0 Å². The number of rotatable bonds is 3. The summed E-state index contributed by atoms with van der Waals surface area (Å²) in [5.74, 6) is 0.371. The Labute approximate surface area is 99.3 Å². The zero-order valence-electron chi connectivity index (χ0n) is 9.43. The van der Waals surface area contributed by atoms with Crippen LogP contribution in [0.5, 0.6) is 5.75 Å². The lowest BCUT2D eigenvalue weighted by molar-refractivity contribution is 0.219. The Balaban J connectivity index is 2.27. The summed E-state index contributed by atoms with van der Waals surface area (Å²) >= 11 is 0. The minimum atomic E-state index is -0.823. The second kappa shape index (κ2) is 4.97. The van der Waals surface area contributed by atoms with Crippen molar-refractivity contribution in [2.45, 2.75) is 6.10 Å². The van der Waals surface area contributed by atoms with E-state index in [0.717, 1.165) is 5.75 Å². The molecule has 1 N–H and O–H groups in total. The van der Waals surface area contributed by atoms with Gasteiger partial charge in [-0.15, -0.1) is 0 Å². The molecule has 2 nitrogen and oxygen atoms in total. The second-order valence-corrected chi connectivity index (χ2v) is 3.73. The Bertz CT molecular complexity index is 494. The number of aliphatic hydroxyl groups is 1. The van der Waals surface area contributed by atoms with E-state index in [0.29, 0.717) is 11.1 Å². The van der Waals surface area contributed by atoms with Gasteiger partial charge in [-0.2, -0.15) is 0 Å². The molecule has 3 heteroatoms. The van der Waals surface area contributed by atoms with Crippen LogP contribution in [0.15, 0.2) is 48.5 Å². The van der Waals surface area contributed by atoms with Gasteiger partial charge in [0.25, 0.3) is 0 Å². The topological polar surface area (TPSA) is 29.5 Å². The third kappa shape index (κ3) is 2.63. The Morgan fingerprint density at radius 1 is 1.06 bits per heavy atom. The first-order valence-corrected chi connectivity index (χ1v) is 5.28. The molecule has 0 fully saturated rings. The number of ether oxygens (including phenoxy) is 1. The summed E-state index contributed by atoms with van der Waals surface area (Å²) in [4.78, 5) is 0. The van der Waals surface area contributed by atoms with Crippen molar-refractivity contribution >= 4 is 0 Å². The number of hydrogen-bond donors (Lipinski definition) is 1. The average molecular weight is 232 g/mol. The van der Waals surface area contributed by atoms with Crippen LogP contribution < -0.4 is 4.74 Å². The molecule has 0 aliphatic rings. The molecule has 2 aromatic rings. The molecule has 0 bridgehead atoms. The van der Waals surface area contributed by atoms with Crippen molar-refractivity contribution in [2.24, 2.45) is 0 Å². The van der Waals surface area contributed by atoms with Crippen LogP contribution in [-0.4, -0.2) is 12.2 Å². The quantitative estimate of drug-likeness (QED) is 0.881. The minimum Gasteiger partial charge on any atom is -0.497 e. The predicted octanol–water partition coefficient (Wildman–Crippen LogP) is 2.92. The molecule has 2 aromatic carbocycles. The van der Waals surface area contributed by atoms with Gasteiger partial charge in [-0.05, 0) is 35.4 Å². The Hall–Kier alpha value is -1.87. The Morgan fingerprint density at radius 3 is 2.35 bits per heavy atom. The summed E-state index contributed by atoms with van der Waals surface area (Å²) in [7, 11) is 1.58. The van der Waals surface area contributed by atoms with E-state index in [-0.39, 0.29) is 5.82 Å². The lowest BCUT2D eigenvalue weighted by Gasteiger charge is -2.12. The zero-order valence-corrected chi connectivity index (χ0v) is 9.43. The molecule has 17 heavy (non-hydrogen) atoms. The smallest absolute Gasteiger partial charge is 0.123 e. The monoisotopic (exact) mass is 232 g/mol. The van der Waals surface area contributed by atoms with Crippen molar-refractivity contribution in [3.05, 3.63) is 65.5 Å². The van der Waals surface area contributed by atoms with Gasteiger partial charge in [-0.3, -0.25) is 0 Å². The highest BCUT2D eigenvalue weighted by Crippen LogP contribution is 2.24. The van der Waals surface area contributed by atoms with Gasteiger partial charge in [0.05, 0.1) is 7.11 Å². The molecule has 0 saturated heterocycles. The number of hydrogen-bond acceptors (Lipinski definition) is 2. The highest BCUT2D eigenvalue weighted by molar-refractivity contribution is 5.34. The van der Waals surface area contributed by atoms with Crippen molar-refractivity contribution in [3.8, 4) is 5.75 Å². The van der Waals surface area contributed by atoms with E-state index in [1.165, 1.54) is 12.1 Å². The van der Waals surface area contributed by atoms with Crippen LogP contribution in [0.2, 0.25) is 0 Å². The summed E-state index contributed by atoms with van der Waals surface area (Å²) in [5.41, 5.74) is 1.24. The summed E-state index contributed by atoms with van der Waals surface area (Å²) in [5, 5.41) is 10.1. The molecule has 0 saturated carbocycles. The fourth-order valence-corrected chi connectivity index (χ4v) is 1.66. The van der Waals surface area contributed by atoms with Crippen LogP contribution in [0.25, 0.3) is 0 Å². The first-order chi connectivity index (χ1) is 8.20.